The quantitative estimate of drug-likeness (QED) is 0.519. The molecule has 0 N–H and O–H groups in total. The van der Waals surface area contributed by atoms with Gasteiger partial charge in [0.15, 0.2) is 23.0 Å². The summed E-state index contributed by atoms with van der Waals surface area (Å²) in [6.07, 6.45) is 4.41. The van der Waals surface area contributed by atoms with Crippen LogP contribution in [0.4, 0.5) is 0 Å². The zero-order valence-electron chi connectivity index (χ0n) is 19.9. The fraction of sp³-hybridized carbons (Fsp3) is 0.500. The number of likely N-dealkylation sites (N-methyl/N-ethyl adjacent to an activating group) is 1. The summed E-state index contributed by atoms with van der Waals surface area (Å²) in [6.45, 7) is 1.88. The molecule has 172 valence electrons. The van der Waals surface area contributed by atoms with Gasteiger partial charge in [0.25, 0.3) is 0 Å². The molecule has 0 bridgehead atoms. The predicted octanol–water partition coefficient (Wildman–Crippen LogP) is 4.38. The van der Waals surface area contributed by atoms with Crippen molar-refractivity contribution in [1.82, 2.24) is 4.90 Å². The molecule has 0 saturated heterocycles. The van der Waals surface area contributed by atoms with Crippen LogP contribution in [0.15, 0.2) is 30.3 Å². The lowest BCUT2D eigenvalue weighted by Gasteiger charge is -2.25. The Kier molecular flexibility index (Phi) is 7.87. The molecule has 0 spiro atoms. The van der Waals surface area contributed by atoms with Crippen LogP contribution in [-0.4, -0.2) is 53.5 Å². The topological polar surface area (TPSA) is 64.0 Å². The molecule has 6 nitrogen and oxygen atoms in total. The molecule has 0 radical (unpaired) electrons. The number of methoxy groups -OCH3 is 4. The molecular weight excluding hydrogens is 404 g/mol. The van der Waals surface area contributed by atoms with Gasteiger partial charge in [-0.25, -0.2) is 0 Å². The van der Waals surface area contributed by atoms with Gasteiger partial charge in [-0.15, -0.1) is 0 Å². The molecule has 3 rings (SSSR count). The van der Waals surface area contributed by atoms with E-state index >= 15 is 0 Å². The second-order valence-corrected chi connectivity index (χ2v) is 8.37. The molecule has 0 amide bonds. The maximum absolute atomic E-state index is 10.1. The van der Waals surface area contributed by atoms with Gasteiger partial charge in [0, 0.05) is 12.1 Å². The monoisotopic (exact) mass is 438 g/mol. The Balaban J connectivity index is 1.58. The molecule has 0 aliphatic heterocycles. The van der Waals surface area contributed by atoms with E-state index in [4.69, 9.17) is 18.9 Å². The van der Waals surface area contributed by atoms with Crippen molar-refractivity contribution in [2.24, 2.45) is 0 Å². The Morgan fingerprint density at radius 2 is 1.66 bits per heavy atom. The molecule has 1 aliphatic carbocycles. The average Bonchev–Trinajstić information content (AvgIpc) is 3.20. The van der Waals surface area contributed by atoms with Crippen LogP contribution >= 0.6 is 0 Å². The predicted molar refractivity (Wildman–Crippen MR) is 125 cm³/mol. The van der Waals surface area contributed by atoms with E-state index in [9.17, 15) is 5.26 Å². The minimum atomic E-state index is -0.445. The van der Waals surface area contributed by atoms with E-state index in [0.29, 0.717) is 0 Å². The van der Waals surface area contributed by atoms with Crippen molar-refractivity contribution in [3.63, 3.8) is 0 Å². The van der Waals surface area contributed by atoms with Gasteiger partial charge in [0.2, 0.25) is 0 Å². The number of hydrogen-bond acceptors (Lipinski definition) is 6. The fourth-order valence-corrected chi connectivity index (χ4v) is 4.71. The molecule has 1 atom stereocenters. The second-order valence-electron chi connectivity index (χ2n) is 8.37. The number of hydrogen-bond donors (Lipinski definition) is 0. The van der Waals surface area contributed by atoms with Crippen LogP contribution in [0.1, 0.15) is 36.0 Å². The highest BCUT2D eigenvalue weighted by Gasteiger charge is 2.40. The lowest BCUT2D eigenvalue weighted by Crippen LogP contribution is -2.26. The summed E-state index contributed by atoms with van der Waals surface area (Å²) in [4.78, 5) is 2.33. The zero-order valence-corrected chi connectivity index (χ0v) is 19.9. The molecule has 0 unspecified atom stereocenters. The number of nitriles is 1. The van der Waals surface area contributed by atoms with E-state index in [2.05, 4.69) is 24.1 Å². The van der Waals surface area contributed by atoms with Crippen molar-refractivity contribution in [3.05, 3.63) is 47.0 Å². The molecule has 2 aromatic carbocycles. The molecule has 0 saturated carbocycles. The van der Waals surface area contributed by atoms with E-state index in [1.54, 1.807) is 28.4 Å². The van der Waals surface area contributed by atoms with Crippen molar-refractivity contribution in [1.29, 1.82) is 5.26 Å². The standard InChI is InChI=1S/C26H34N2O4/c1-28(16-12-19-7-9-22(29-2)24(17-19)31-4)15-6-13-26(18-27)14-11-20-21(26)8-10-23(30-3)25(20)32-5/h7-10,17H,6,11-16H2,1-5H3/t26-/m0/s1. The van der Waals surface area contributed by atoms with Crippen molar-refractivity contribution in [2.75, 3.05) is 48.6 Å². The normalized spacial score (nSPS) is 17.0. The third-order valence-electron chi connectivity index (χ3n) is 6.55. The molecule has 0 aromatic heterocycles. The lowest BCUT2D eigenvalue weighted by atomic mass is 9.79. The van der Waals surface area contributed by atoms with Gasteiger partial charge in [-0.2, -0.15) is 5.26 Å². The summed E-state index contributed by atoms with van der Waals surface area (Å²) in [6, 6.07) is 12.7. The summed E-state index contributed by atoms with van der Waals surface area (Å²) < 4.78 is 21.8. The molecule has 0 heterocycles. The first-order valence-electron chi connectivity index (χ1n) is 11.1. The summed E-state index contributed by atoms with van der Waals surface area (Å²) in [5.74, 6) is 3.01. The van der Waals surface area contributed by atoms with Gasteiger partial charge in [0.05, 0.1) is 39.9 Å². The molecular formula is C26H34N2O4. The Labute approximate surface area is 191 Å². The van der Waals surface area contributed by atoms with Crippen LogP contribution < -0.4 is 18.9 Å². The van der Waals surface area contributed by atoms with Gasteiger partial charge in [0.1, 0.15) is 0 Å². The van der Waals surface area contributed by atoms with Crippen molar-refractivity contribution < 1.29 is 18.9 Å². The Morgan fingerprint density at radius 1 is 0.938 bits per heavy atom. The van der Waals surface area contributed by atoms with E-state index < -0.39 is 5.41 Å². The fourth-order valence-electron chi connectivity index (χ4n) is 4.71. The first kappa shape index (κ1) is 23.7. The van der Waals surface area contributed by atoms with E-state index in [1.807, 2.05) is 24.3 Å². The Morgan fingerprint density at radius 3 is 2.31 bits per heavy atom. The molecule has 0 fully saturated rings. The van der Waals surface area contributed by atoms with Crippen LogP contribution in [0.2, 0.25) is 0 Å². The van der Waals surface area contributed by atoms with E-state index in [-0.39, 0.29) is 0 Å². The third kappa shape index (κ3) is 4.78. The summed E-state index contributed by atoms with van der Waals surface area (Å²) in [5, 5.41) is 10.1. The summed E-state index contributed by atoms with van der Waals surface area (Å²) in [5.41, 5.74) is 2.99. The minimum Gasteiger partial charge on any atom is -0.493 e. The van der Waals surface area contributed by atoms with Crippen molar-refractivity contribution >= 4 is 0 Å². The van der Waals surface area contributed by atoms with Crippen LogP contribution in [0.3, 0.4) is 0 Å². The van der Waals surface area contributed by atoms with E-state index in [1.165, 1.54) is 5.56 Å². The number of fused-ring (bicyclic) bond motifs is 1. The number of benzene rings is 2. The molecule has 1 aliphatic rings. The van der Waals surface area contributed by atoms with Crippen LogP contribution in [-0.2, 0) is 18.3 Å². The van der Waals surface area contributed by atoms with Gasteiger partial charge in [-0.05, 0) is 75.0 Å². The Bertz CT molecular complexity index is 969. The summed E-state index contributed by atoms with van der Waals surface area (Å²) >= 11 is 0. The smallest absolute Gasteiger partial charge is 0.164 e. The number of nitrogens with zero attached hydrogens (tertiary/aromatic N) is 2. The van der Waals surface area contributed by atoms with Gasteiger partial charge in [-0.3, -0.25) is 0 Å². The first-order valence-corrected chi connectivity index (χ1v) is 11.1. The molecule has 2 aromatic rings. The van der Waals surface area contributed by atoms with Gasteiger partial charge < -0.3 is 23.8 Å². The third-order valence-corrected chi connectivity index (χ3v) is 6.55. The second kappa shape index (κ2) is 10.6. The van der Waals surface area contributed by atoms with Crippen LogP contribution in [0.25, 0.3) is 0 Å². The van der Waals surface area contributed by atoms with Crippen molar-refractivity contribution in [3.8, 4) is 29.1 Å². The highest BCUT2D eigenvalue weighted by Crippen LogP contribution is 2.48. The summed E-state index contributed by atoms with van der Waals surface area (Å²) in [7, 11) is 8.75. The highest BCUT2D eigenvalue weighted by atomic mass is 16.5. The molecule has 6 heteroatoms. The largest absolute Gasteiger partial charge is 0.493 e. The van der Waals surface area contributed by atoms with E-state index in [0.717, 1.165) is 79.3 Å². The zero-order chi connectivity index (χ0) is 23.1. The Hall–Kier alpha value is -2.91. The average molecular weight is 439 g/mol. The molecule has 32 heavy (non-hydrogen) atoms. The highest BCUT2D eigenvalue weighted by molar-refractivity contribution is 5.57. The van der Waals surface area contributed by atoms with Gasteiger partial charge >= 0.3 is 0 Å². The maximum atomic E-state index is 10.1. The van der Waals surface area contributed by atoms with Gasteiger partial charge in [-0.1, -0.05) is 12.1 Å². The maximum Gasteiger partial charge on any atom is 0.164 e. The van der Waals surface area contributed by atoms with Crippen LogP contribution in [0, 0.1) is 11.3 Å². The first-order chi connectivity index (χ1) is 15.5. The number of rotatable bonds is 11. The van der Waals surface area contributed by atoms with Crippen molar-refractivity contribution in [2.45, 2.75) is 37.5 Å². The van der Waals surface area contributed by atoms with Crippen LogP contribution in [0.5, 0.6) is 23.0 Å². The number of ether oxygens (including phenoxy) is 4. The minimum absolute atomic E-state index is 0.445. The SMILES string of the molecule is COc1ccc(CCN(C)CCC[C@@]2(C#N)CCc3c2ccc(OC)c3OC)cc1OC. The lowest BCUT2D eigenvalue weighted by molar-refractivity contribution is 0.315.